The van der Waals surface area contributed by atoms with Crippen molar-refractivity contribution in [2.45, 2.75) is 26.2 Å². The van der Waals surface area contributed by atoms with Crippen LogP contribution in [0, 0.1) is 5.92 Å². The van der Waals surface area contributed by atoms with Crippen LogP contribution >= 0.6 is 22.9 Å². The lowest BCUT2D eigenvalue weighted by Gasteiger charge is -2.09. The van der Waals surface area contributed by atoms with E-state index in [1.807, 2.05) is 13.0 Å². The molecule has 0 radical (unpaired) electrons. The molecule has 1 aromatic heterocycles. The molecule has 1 aromatic rings. The highest BCUT2D eigenvalue weighted by atomic mass is 35.5. The summed E-state index contributed by atoms with van der Waals surface area (Å²) in [5, 5.41) is 11.3. The normalized spacial score (nSPS) is 12.5. The minimum absolute atomic E-state index is 0.153. The van der Waals surface area contributed by atoms with Crippen molar-refractivity contribution in [2.75, 3.05) is 6.54 Å². The van der Waals surface area contributed by atoms with Gasteiger partial charge in [-0.25, -0.2) is 0 Å². The van der Waals surface area contributed by atoms with Crippen LogP contribution in [0.15, 0.2) is 18.2 Å². The number of aliphatic carboxylic acids is 1. The maximum Gasteiger partial charge on any atom is 0.303 e. The zero-order chi connectivity index (χ0) is 15.0. The maximum atomic E-state index is 11.6. The molecule has 1 rings (SSSR count). The summed E-state index contributed by atoms with van der Waals surface area (Å²) in [7, 11) is 0. The molecular weight excluding hydrogens is 298 g/mol. The zero-order valence-electron chi connectivity index (χ0n) is 11.3. The van der Waals surface area contributed by atoms with Crippen LogP contribution in [0.5, 0.6) is 0 Å². The van der Waals surface area contributed by atoms with Gasteiger partial charge in [-0.3, -0.25) is 9.59 Å². The molecular formula is C14H18ClNO3S. The Bertz CT molecular complexity index is 485. The number of carbonyl (C=O) groups excluding carboxylic acids is 1. The van der Waals surface area contributed by atoms with Crippen LogP contribution in [-0.4, -0.2) is 23.5 Å². The van der Waals surface area contributed by atoms with Crippen LogP contribution in [-0.2, 0) is 9.59 Å². The van der Waals surface area contributed by atoms with Gasteiger partial charge in [0.25, 0.3) is 0 Å². The van der Waals surface area contributed by atoms with Crippen molar-refractivity contribution in [1.82, 2.24) is 5.32 Å². The highest BCUT2D eigenvalue weighted by Crippen LogP contribution is 2.22. The molecule has 1 atom stereocenters. The Hall–Kier alpha value is -1.33. The SMILES string of the molecule is CC(CCNC(=O)C=Cc1ccc(Cl)s1)CCC(=O)O. The molecule has 0 spiro atoms. The van der Waals surface area contributed by atoms with Crippen LogP contribution in [0.1, 0.15) is 31.1 Å². The van der Waals surface area contributed by atoms with Crippen LogP contribution in [0.25, 0.3) is 6.08 Å². The third-order valence-corrected chi connectivity index (χ3v) is 3.98. The molecule has 1 unspecified atom stereocenters. The Morgan fingerprint density at radius 2 is 2.20 bits per heavy atom. The van der Waals surface area contributed by atoms with E-state index >= 15 is 0 Å². The average Bonchev–Trinajstić information content (AvgIpc) is 2.80. The van der Waals surface area contributed by atoms with Crippen molar-refractivity contribution in [3.8, 4) is 0 Å². The molecule has 2 N–H and O–H groups in total. The molecule has 1 heterocycles. The second-order valence-corrected chi connectivity index (χ2v) is 6.34. The molecule has 0 saturated carbocycles. The fourth-order valence-corrected chi connectivity index (χ4v) is 2.55. The van der Waals surface area contributed by atoms with Gasteiger partial charge in [-0.2, -0.15) is 0 Å². The predicted octanol–water partition coefficient (Wildman–Crippen LogP) is 3.42. The van der Waals surface area contributed by atoms with Crippen LogP contribution in [0.3, 0.4) is 0 Å². The lowest BCUT2D eigenvalue weighted by Crippen LogP contribution is -2.23. The molecule has 0 bridgehead atoms. The van der Waals surface area contributed by atoms with E-state index in [1.165, 1.54) is 17.4 Å². The van der Waals surface area contributed by atoms with Gasteiger partial charge in [0.15, 0.2) is 0 Å². The van der Waals surface area contributed by atoms with Gasteiger partial charge in [-0.15, -0.1) is 11.3 Å². The van der Waals surface area contributed by atoms with Crippen molar-refractivity contribution >= 4 is 40.9 Å². The molecule has 0 aliphatic rings. The zero-order valence-corrected chi connectivity index (χ0v) is 12.8. The summed E-state index contributed by atoms with van der Waals surface area (Å²) in [5.74, 6) is -0.648. The van der Waals surface area contributed by atoms with Crippen molar-refractivity contribution in [1.29, 1.82) is 0 Å². The summed E-state index contributed by atoms with van der Waals surface area (Å²) < 4.78 is 0.692. The van der Waals surface area contributed by atoms with Gasteiger partial charge in [0.2, 0.25) is 5.91 Å². The molecule has 110 valence electrons. The summed E-state index contributed by atoms with van der Waals surface area (Å²) in [6, 6.07) is 3.64. The standard InChI is InChI=1S/C14H18ClNO3S/c1-10(2-7-14(18)19)8-9-16-13(17)6-4-11-3-5-12(15)20-11/h3-6,10H,2,7-9H2,1H3,(H,16,17)(H,18,19). The molecule has 0 aliphatic heterocycles. The Balaban J connectivity index is 2.20. The topological polar surface area (TPSA) is 66.4 Å². The number of rotatable bonds is 8. The first-order chi connectivity index (χ1) is 9.47. The fraction of sp³-hybridized carbons (Fsp3) is 0.429. The van der Waals surface area contributed by atoms with Crippen molar-refractivity contribution in [3.63, 3.8) is 0 Å². The molecule has 0 aromatic carbocycles. The van der Waals surface area contributed by atoms with Gasteiger partial charge in [0, 0.05) is 23.9 Å². The van der Waals surface area contributed by atoms with Crippen molar-refractivity contribution in [2.24, 2.45) is 5.92 Å². The number of carboxylic acid groups (broad SMARTS) is 1. The Morgan fingerprint density at radius 1 is 1.45 bits per heavy atom. The monoisotopic (exact) mass is 315 g/mol. The van der Waals surface area contributed by atoms with Crippen LogP contribution in [0.4, 0.5) is 0 Å². The molecule has 1 amide bonds. The minimum atomic E-state index is -0.779. The van der Waals surface area contributed by atoms with E-state index in [0.717, 1.165) is 11.3 Å². The Morgan fingerprint density at radius 3 is 2.80 bits per heavy atom. The molecule has 4 nitrogen and oxygen atoms in total. The molecule has 20 heavy (non-hydrogen) atoms. The number of thiophene rings is 1. The van der Waals surface area contributed by atoms with Crippen LogP contribution in [0.2, 0.25) is 4.34 Å². The predicted molar refractivity (Wildman–Crippen MR) is 82.0 cm³/mol. The first-order valence-corrected chi connectivity index (χ1v) is 7.60. The summed E-state index contributed by atoms with van der Waals surface area (Å²) in [5.41, 5.74) is 0. The molecule has 6 heteroatoms. The number of halogens is 1. The number of carboxylic acids is 1. The second-order valence-electron chi connectivity index (χ2n) is 4.59. The Labute approximate surface area is 127 Å². The van der Waals surface area contributed by atoms with Gasteiger partial charge >= 0.3 is 5.97 Å². The van der Waals surface area contributed by atoms with Gasteiger partial charge in [-0.05, 0) is 37.0 Å². The second kappa shape index (κ2) is 8.76. The number of hydrogen-bond donors (Lipinski definition) is 2. The number of hydrogen-bond acceptors (Lipinski definition) is 3. The summed E-state index contributed by atoms with van der Waals surface area (Å²) >= 11 is 7.20. The highest BCUT2D eigenvalue weighted by Gasteiger charge is 2.05. The van der Waals surface area contributed by atoms with E-state index in [1.54, 1.807) is 12.1 Å². The summed E-state index contributed by atoms with van der Waals surface area (Å²) in [4.78, 5) is 22.9. The third-order valence-electron chi connectivity index (χ3n) is 2.78. The van der Waals surface area contributed by atoms with Gasteiger partial charge < -0.3 is 10.4 Å². The number of nitrogens with one attached hydrogen (secondary N) is 1. The average molecular weight is 316 g/mol. The van der Waals surface area contributed by atoms with Gasteiger partial charge in [0.1, 0.15) is 0 Å². The third kappa shape index (κ3) is 7.31. The first kappa shape index (κ1) is 16.7. The van der Waals surface area contributed by atoms with Crippen molar-refractivity contribution in [3.05, 3.63) is 27.4 Å². The number of amides is 1. The van der Waals surface area contributed by atoms with E-state index < -0.39 is 5.97 Å². The summed E-state index contributed by atoms with van der Waals surface area (Å²) in [6.45, 7) is 2.54. The van der Waals surface area contributed by atoms with Crippen molar-refractivity contribution < 1.29 is 14.7 Å². The largest absolute Gasteiger partial charge is 0.481 e. The van der Waals surface area contributed by atoms with Gasteiger partial charge in [0.05, 0.1) is 4.34 Å². The van der Waals surface area contributed by atoms with Gasteiger partial charge in [-0.1, -0.05) is 18.5 Å². The first-order valence-electron chi connectivity index (χ1n) is 6.40. The van der Waals surface area contributed by atoms with E-state index in [4.69, 9.17) is 16.7 Å². The Kier molecular flexibility index (Phi) is 7.33. The van der Waals surface area contributed by atoms with E-state index in [-0.39, 0.29) is 18.2 Å². The quantitative estimate of drug-likeness (QED) is 0.722. The minimum Gasteiger partial charge on any atom is -0.481 e. The summed E-state index contributed by atoms with van der Waals surface area (Å²) in [6.07, 6.45) is 4.78. The number of carbonyl (C=O) groups is 2. The lowest BCUT2D eigenvalue weighted by molar-refractivity contribution is -0.137. The fourth-order valence-electron chi connectivity index (χ4n) is 1.59. The maximum absolute atomic E-state index is 11.6. The smallest absolute Gasteiger partial charge is 0.303 e. The molecule has 0 saturated heterocycles. The highest BCUT2D eigenvalue weighted by molar-refractivity contribution is 7.17. The van der Waals surface area contributed by atoms with E-state index in [2.05, 4.69) is 5.32 Å². The van der Waals surface area contributed by atoms with E-state index in [0.29, 0.717) is 17.3 Å². The van der Waals surface area contributed by atoms with Crippen LogP contribution < -0.4 is 5.32 Å². The molecule has 0 aliphatic carbocycles. The van der Waals surface area contributed by atoms with E-state index in [9.17, 15) is 9.59 Å². The molecule has 0 fully saturated rings. The lowest BCUT2D eigenvalue weighted by atomic mass is 10.0.